The Morgan fingerprint density at radius 3 is 2.88 bits per heavy atom. The summed E-state index contributed by atoms with van der Waals surface area (Å²) in [7, 11) is 1.97. The Morgan fingerprint density at radius 2 is 2.06 bits per heavy atom. The van der Waals surface area contributed by atoms with Crippen LogP contribution in [0.25, 0.3) is 10.9 Å². The molecule has 3 heteroatoms. The molecule has 0 aliphatic rings. The van der Waals surface area contributed by atoms with Gasteiger partial charge in [0.1, 0.15) is 0 Å². The maximum absolute atomic E-state index is 4.33. The second-order valence-electron chi connectivity index (χ2n) is 3.95. The van der Waals surface area contributed by atoms with E-state index in [9.17, 15) is 0 Å². The molecule has 1 atom stereocenters. The average molecular weight is 215 g/mol. The number of likely N-dealkylation sites (N-methyl/N-ethyl adjacent to an activating group) is 1. The molecule has 0 radical (unpaired) electrons. The summed E-state index contributed by atoms with van der Waals surface area (Å²) in [6.07, 6.45) is 1.84. The molecular formula is C13H17N3. The summed E-state index contributed by atoms with van der Waals surface area (Å²) >= 11 is 0. The minimum atomic E-state index is 0.451. The van der Waals surface area contributed by atoms with E-state index in [1.54, 1.807) is 0 Å². The highest BCUT2D eigenvalue weighted by Crippen LogP contribution is 2.20. The van der Waals surface area contributed by atoms with Crippen molar-refractivity contribution in [1.29, 1.82) is 0 Å². The number of rotatable bonds is 4. The average Bonchev–Trinajstić information content (AvgIpc) is 2.35. The fourth-order valence-electron chi connectivity index (χ4n) is 1.62. The highest BCUT2D eigenvalue weighted by atomic mass is 15.0. The molecule has 0 aliphatic carbocycles. The number of anilines is 1. The van der Waals surface area contributed by atoms with Crippen molar-refractivity contribution in [3.05, 3.63) is 36.5 Å². The van der Waals surface area contributed by atoms with Crippen LogP contribution in [0.4, 0.5) is 5.69 Å². The minimum absolute atomic E-state index is 0.451. The molecule has 3 nitrogen and oxygen atoms in total. The molecule has 0 saturated heterocycles. The number of aromatic nitrogens is 1. The third-order valence-corrected chi connectivity index (χ3v) is 2.74. The van der Waals surface area contributed by atoms with Crippen LogP contribution in [0.2, 0.25) is 0 Å². The van der Waals surface area contributed by atoms with E-state index < -0.39 is 0 Å². The molecule has 16 heavy (non-hydrogen) atoms. The van der Waals surface area contributed by atoms with Gasteiger partial charge in [-0.05, 0) is 26.1 Å². The third kappa shape index (κ3) is 2.31. The summed E-state index contributed by atoms with van der Waals surface area (Å²) in [5.74, 6) is 0. The lowest BCUT2D eigenvalue weighted by Gasteiger charge is -2.13. The number of nitrogens with zero attached hydrogens (tertiary/aromatic N) is 1. The standard InChI is InChI=1S/C13H17N3/c1-10(14-2)9-16-13-7-8-15-12-6-4-3-5-11(12)13/h3-8,10,14H,9H2,1-2H3,(H,15,16). The van der Waals surface area contributed by atoms with Crippen molar-refractivity contribution < 1.29 is 0 Å². The molecule has 1 unspecified atom stereocenters. The first-order chi connectivity index (χ1) is 7.81. The minimum Gasteiger partial charge on any atom is -0.383 e. The van der Waals surface area contributed by atoms with E-state index in [4.69, 9.17) is 0 Å². The quantitative estimate of drug-likeness (QED) is 0.821. The summed E-state index contributed by atoms with van der Waals surface area (Å²) in [5.41, 5.74) is 2.18. The number of fused-ring (bicyclic) bond motifs is 1. The summed E-state index contributed by atoms with van der Waals surface area (Å²) < 4.78 is 0. The summed E-state index contributed by atoms with van der Waals surface area (Å²) in [6.45, 7) is 3.06. The van der Waals surface area contributed by atoms with E-state index in [1.807, 2.05) is 37.5 Å². The number of benzene rings is 1. The van der Waals surface area contributed by atoms with Gasteiger partial charge in [0.05, 0.1) is 5.52 Å². The van der Waals surface area contributed by atoms with Crippen LogP contribution < -0.4 is 10.6 Å². The molecule has 2 N–H and O–H groups in total. The van der Waals surface area contributed by atoms with Crippen molar-refractivity contribution in [1.82, 2.24) is 10.3 Å². The van der Waals surface area contributed by atoms with Gasteiger partial charge in [-0.25, -0.2) is 0 Å². The number of hydrogen-bond acceptors (Lipinski definition) is 3. The predicted octanol–water partition coefficient (Wildman–Crippen LogP) is 2.25. The first-order valence-electron chi connectivity index (χ1n) is 5.56. The Labute approximate surface area is 95.9 Å². The zero-order chi connectivity index (χ0) is 11.4. The lowest BCUT2D eigenvalue weighted by atomic mass is 10.2. The van der Waals surface area contributed by atoms with Gasteiger partial charge >= 0.3 is 0 Å². The van der Waals surface area contributed by atoms with Gasteiger partial charge < -0.3 is 10.6 Å². The summed E-state index contributed by atoms with van der Waals surface area (Å²) in [4.78, 5) is 4.33. The fourth-order valence-corrected chi connectivity index (χ4v) is 1.62. The molecular weight excluding hydrogens is 198 g/mol. The third-order valence-electron chi connectivity index (χ3n) is 2.74. The van der Waals surface area contributed by atoms with Crippen molar-refractivity contribution in [2.24, 2.45) is 0 Å². The van der Waals surface area contributed by atoms with Crippen LogP contribution in [-0.2, 0) is 0 Å². The van der Waals surface area contributed by atoms with E-state index in [-0.39, 0.29) is 0 Å². The summed E-state index contributed by atoms with van der Waals surface area (Å²) in [5, 5.41) is 7.82. The van der Waals surface area contributed by atoms with Crippen molar-refractivity contribution in [3.63, 3.8) is 0 Å². The van der Waals surface area contributed by atoms with Crippen molar-refractivity contribution in [2.75, 3.05) is 18.9 Å². The number of para-hydroxylation sites is 1. The first-order valence-corrected chi connectivity index (χ1v) is 5.56. The first kappa shape index (κ1) is 10.9. The SMILES string of the molecule is CNC(C)CNc1ccnc2ccccc12. The van der Waals surface area contributed by atoms with Gasteiger partial charge in [0, 0.05) is 29.9 Å². The van der Waals surface area contributed by atoms with Gasteiger partial charge in [-0.2, -0.15) is 0 Å². The van der Waals surface area contributed by atoms with Gasteiger partial charge in [0.2, 0.25) is 0 Å². The molecule has 0 aliphatic heterocycles. The number of nitrogens with one attached hydrogen (secondary N) is 2. The molecule has 84 valence electrons. The molecule has 2 aromatic rings. The van der Waals surface area contributed by atoms with E-state index in [1.165, 1.54) is 5.39 Å². The van der Waals surface area contributed by atoms with Crippen LogP contribution in [0.5, 0.6) is 0 Å². The predicted molar refractivity (Wildman–Crippen MR) is 68.8 cm³/mol. The fraction of sp³-hybridized carbons (Fsp3) is 0.308. The van der Waals surface area contributed by atoms with Crippen molar-refractivity contribution >= 4 is 16.6 Å². The largest absolute Gasteiger partial charge is 0.383 e. The molecule has 0 amide bonds. The number of hydrogen-bond donors (Lipinski definition) is 2. The topological polar surface area (TPSA) is 37.0 Å². The van der Waals surface area contributed by atoms with Gasteiger partial charge in [-0.3, -0.25) is 4.98 Å². The molecule has 2 rings (SSSR count). The monoisotopic (exact) mass is 215 g/mol. The normalized spacial score (nSPS) is 12.6. The Hall–Kier alpha value is -1.61. The van der Waals surface area contributed by atoms with Crippen LogP contribution in [0, 0.1) is 0 Å². The Kier molecular flexibility index (Phi) is 3.37. The second kappa shape index (κ2) is 4.94. The highest BCUT2D eigenvalue weighted by molar-refractivity contribution is 5.90. The van der Waals surface area contributed by atoms with Crippen LogP contribution in [-0.4, -0.2) is 24.6 Å². The maximum Gasteiger partial charge on any atom is 0.0722 e. The van der Waals surface area contributed by atoms with Gasteiger partial charge in [-0.15, -0.1) is 0 Å². The van der Waals surface area contributed by atoms with Gasteiger partial charge in [0.25, 0.3) is 0 Å². The van der Waals surface area contributed by atoms with Crippen LogP contribution in [0.15, 0.2) is 36.5 Å². The van der Waals surface area contributed by atoms with Crippen molar-refractivity contribution in [3.8, 4) is 0 Å². The lowest BCUT2D eigenvalue weighted by molar-refractivity contribution is 0.638. The lowest BCUT2D eigenvalue weighted by Crippen LogP contribution is -2.29. The smallest absolute Gasteiger partial charge is 0.0722 e. The molecule has 0 fully saturated rings. The van der Waals surface area contributed by atoms with E-state index >= 15 is 0 Å². The number of pyridine rings is 1. The highest BCUT2D eigenvalue weighted by Gasteiger charge is 2.02. The molecule has 1 aromatic heterocycles. The van der Waals surface area contributed by atoms with E-state index in [2.05, 4.69) is 28.6 Å². The van der Waals surface area contributed by atoms with Gasteiger partial charge in [-0.1, -0.05) is 18.2 Å². The van der Waals surface area contributed by atoms with E-state index in [0.717, 1.165) is 17.7 Å². The second-order valence-corrected chi connectivity index (χ2v) is 3.95. The van der Waals surface area contributed by atoms with Crippen LogP contribution in [0.1, 0.15) is 6.92 Å². The molecule has 0 spiro atoms. The van der Waals surface area contributed by atoms with E-state index in [0.29, 0.717) is 6.04 Å². The van der Waals surface area contributed by atoms with Crippen molar-refractivity contribution in [2.45, 2.75) is 13.0 Å². The summed E-state index contributed by atoms with van der Waals surface area (Å²) in [6, 6.07) is 10.6. The Bertz CT molecular complexity index is 462. The molecule has 1 heterocycles. The zero-order valence-electron chi connectivity index (χ0n) is 9.70. The van der Waals surface area contributed by atoms with Crippen LogP contribution in [0.3, 0.4) is 0 Å². The Morgan fingerprint density at radius 1 is 1.25 bits per heavy atom. The molecule has 0 saturated carbocycles. The maximum atomic E-state index is 4.33. The molecule has 0 bridgehead atoms. The Balaban J connectivity index is 2.23. The molecule has 1 aromatic carbocycles. The van der Waals surface area contributed by atoms with Crippen LogP contribution >= 0.6 is 0 Å². The van der Waals surface area contributed by atoms with Gasteiger partial charge in [0.15, 0.2) is 0 Å². The zero-order valence-corrected chi connectivity index (χ0v) is 9.70.